The number of hydrogen-bond acceptors (Lipinski definition) is 2. The normalized spacial score (nSPS) is 10.5. The highest BCUT2D eigenvalue weighted by atomic mass is 35.5. The van der Waals surface area contributed by atoms with Gasteiger partial charge in [0, 0.05) is 34.0 Å². The molecule has 22 heavy (non-hydrogen) atoms. The van der Waals surface area contributed by atoms with Crippen LogP contribution < -0.4 is 0 Å². The number of rotatable bonds is 5. The van der Waals surface area contributed by atoms with Crippen molar-refractivity contribution in [3.63, 3.8) is 0 Å². The Hall–Kier alpha value is -1.64. The third kappa shape index (κ3) is 3.96. The number of benzene rings is 2. The van der Waals surface area contributed by atoms with Gasteiger partial charge in [0.15, 0.2) is 11.6 Å². The van der Waals surface area contributed by atoms with Crippen LogP contribution in [0.15, 0.2) is 36.4 Å². The van der Waals surface area contributed by atoms with Gasteiger partial charge in [0.1, 0.15) is 0 Å². The zero-order valence-electron chi connectivity index (χ0n) is 12.5. The summed E-state index contributed by atoms with van der Waals surface area (Å²) >= 11 is 12.0. The number of hydrogen-bond donors (Lipinski definition) is 0. The summed E-state index contributed by atoms with van der Waals surface area (Å²) in [5, 5.41) is 1.12. The second kappa shape index (κ2) is 7.08. The highest BCUT2D eigenvalue weighted by Gasteiger charge is 2.12. The SMILES string of the molecule is Cc1ccc(C(=O)CCC(=O)c2ccc(C)c(Cl)c2)cc1Cl. The van der Waals surface area contributed by atoms with E-state index in [0.29, 0.717) is 21.2 Å². The zero-order valence-corrected chi connectivity index (χ0v) is 14.0. The van der Waals surface area contributed by atoms with Crippen LogP contribution in [-0.4, -0.2) is 11.6 Å². The van der Waals surface area contributed by atoms with E-state index in [1.807, 2.05) is 13.8 Å². The summed E-state index contributed by atoms with van der Waals surface area (Å²) in [5.74, 6) is -0.179. The number of halogens is 2. The molecule has 2 aromatic carbocycles. The molecule has 0 saturated carbocycles. The molecule has 0 bridgehead atoms. The van der Waals surface area contributed by atoms with Crippen LogP contribution in [0.25, 0.3) is 0 Å². The van der Waals surface area contributed by atoms with Gasteiger partial charge in [-0.1, -0.05) is 47.5 Å². The fourth-order valence-electron chi connectivity index (χ4n) is 2.05. The third-order valence-electron chi connectivity index (χ3n) is 3.57. The van der Waals surface area contributed by atoms with E-state index in [1.165, 1.54) is 0 Å². The first-order valence-electron chi connectivity index (χ1n) is 6.97. The number of carbonyl (C=O) groups excluding carboxylic acids is 2. The lowest BCUT2D eigenvalue weighted by atomic mass is 10.0. The maximum atomic E-state index is 12.1. The molecule has 0 amide bonds. The van der Waals surface area contributed by atoms with Crippen LogP contribution in [0.3, 0.4) is 0 Å². The second-order valence-electron chi connectivity index (χ2n) is 5.27. The summed E-state index contributed by atoms with van der Waals surface area (Å²) in [4.78, 5) is 24.3. The van der Waals surface area contributed by atoms with E-state index in [9.17, 15) is 9.59 Å². The van der Waals surface area contributed by atoms with Gasteiger partial charge in [0.2, 0.25) is 0 Å². The van der Waals surface area contributed by atoms with Crippen molar-refractivity contribution in [2.45, 2.75) is 26.7 Å². The molecule has 2 nitrogen and oxygen atoms in total. The highest BCUT2D eigenvalue weighted by Crippen LogP contribution is 2.20. The van der Waals surface area contributed by atoms with Gasteiger partial charge in [0.05, 0.1) is 0 Å². The van der Waals surface area contributed by atoms with E-state index < -0.39 is 0 Å². The van der Waals surface area contributed by atoms with E-state index in [1.54, 1.807) is 36.4 Å². The van der Waals surface area contributed by atoms with E-state index in [-0.39, 0.29) is 24.4 Å². The molecule has 0 heterocycles. The van der Waals surface area contributed by atoms with Crippen LogP contribution in [-0.2, 0) is 0 Å². The number of carbonyl (C=O) groups is 2. The van der Waals surface area contributed by atoms with Crippen LogP contribution >= 0.6 is 23.2 Å². The molecule has 0 fully saturated rings. The average Bonchev–Trinajstić information content (AvgIpc) is 2.50. The van der Waals surface area contributed by atoms with E-state index in [2.05, 4.69) is 0 Å². The third-order valence-corrected chi connectivity index (χ3v) is 4.38. The Balaban J connectivity index is 2.02. The molecule has 0 atom stereocenters. The van der Waals surface area contributed by atoms with Crippen LogP contribution in [0.1, 0.15) is 44.7 Å². The lowest BCUT2D eigenvalue weighted by Gasteiger charge is -2.05. The average molecular weight is 335 g/mol. The standard InChI is InChI=1S/C18H16Cl2O2/c1-11-3-5-13(9-15(11)19)17(21)7-8-18(22)14-6-4-12(2)16(20)10-14/h3-6,9-10H,7-8H2,1-2H3. The maximum Gasteiger partial charge on any atom is 0.163 e. The summed E-state index contributed by atoms with van der Waals surface area (Å²) in [6.45, 7) is 3.75. The lowest BCUT2D eigenvalue weighted by molar-refractivity contribution is 0.0917. The minimum atomic E-state index is -0.0894. The predicted molar refractivity (Wildman–Crippen MR) is 90.3 cm³/mol. The molecule has 0 saturated heterocycles. The Morgan fingerprint density at radius 2 is 1.14 bits per heavy atom. The summed E-state index contributed by atoms with van der Waals surface area (Å²) in [6.07, 6.45) is 0.313. The summed E-state index contributed by atoms with van der Waals surface area (Å²) in [5.41, 5.74) is 2.91. The highest BCUT2D eigenvalue weighted by molar-refractivity contribution is 6.32. The number of Topliss-reactive ketones (excluding diaryl/α,β-unsaturated/α-hetero) is 2. The van der Waals surface area contributed by atoms with Gasteiger partial charge in [-0.15, -0.1) is 0 Å². The quantitative estimate of drug-likeness (QED) is 0.680. The van der Waals surface area contributed by atoms with Gasteiger partial charge in [-0.05, 0) is 37.1 Å². The molecule has 0 spiro atoms. The van der Waals surface area contributed by atoms with Crippen molar-refractivity contribution in [3.8, 4) is 0 Å². The molecule has 2 aromatic rings. The molecule has 0 radical (unpaired) electrons. The van der Waals surface area contributed by atoms with Crippen molar-refractivity contribution in [2.24, 2.45) is 0 Å². The van der Waals surface area contributed by atoms with Gasteiger partial charge < -0.3 is 0 Å². The van der Waals surface area contributed by atoms with Crippen LogP contribution in [0.4, 0.5) is 0 Å². The number of ketones is 2. The molecule has 0 aromatic heterocycles. The van der Waals surface area contributed by atoms with Crippen molar-refractivity contribution in [3.05, 3.63) is 68.7 Å². The monoisotopic (exact) mass is 334 g/mol. The van der Waals surface area contributed by atoms with Crippen molar-refractivity contribution >= 4 is 34.8 Å². The van der Waals surface area contributed by atoms with Gasteiger partial charge >= 0.3 is 0 Å². The summed E-state index contributed by atoms with van der Waals surface area (Å²) in [7, 11) is 0. The van der Waals surface area contributed by atoms with Crippen LogP contribution in [0.5, 0.6) is 0 Å². The first-order valence-corrected chi connectivity index (χ1v) is 7.73. The fourth-order valence-corrected chi connectivity index (χ4v) is 2.41. The van der Waals surface area contributed by atoms with Crippen molar-refractivity contribution in [1.82, 2.24) is 0 Å². The van der Waals surface area contributed by atoms with Gasteiger partial charge in [0.25, 0.3) is 0 Å². The van der Waals surface area contributed by atoms with Crippen molar-refractivity contribution < 1.29 is 9.59 Å². The van der Waals surface area contributed by atoms with Crippen LogP contribution in [0, 0.1) is 13.8 Å². The molecule has 0 aliphatic carbocycles. The Labute approximate surface area is 140 Å². The molecule has 2 rings (SSSR count). The van der Waals surface area contributed by atoms with E-state index >= 15 is 0 Å². The van der Waals surface area contributed by atoms with Gasteiger partial charge in [-0.3, -0.25) is 9.59 Å². The maximum absolute atomic E-state index is 12.1. The Bertz CT molecular complexity index is 672. The molecule has 0 aliphatic rings. The second-order valence-corrected chi connectivity index (χ2v) is 6.09. The molecular weight excluding hydrogens is 319 g/mol. The van der Waals surface area contributed by atoms with Crippen molar-refractivity contribution in [2.75, 3.05) is 0 Å². The first kappa shape index (κ1) is 16.7. The Morgan fingerprint density at radius 1 is 0.773 bits per heavy atom. The Kier molecular flexibility index (Phi) is 5.38. The minimum Gasteiger partial charge on any atom is -0.294 e. The molecule has 4 heteroatoms. The minimum absolute atomic E-state index is 0.0894. The molecular formula is C18H16Cl2O2. The zero-order chi connectivity index (χ0) is 16.3. The van der Waals surface area contributed by atoms with Gasteiger partial charge in [-0.2, -0.15) is 0 Å². The van der Waals surface area contributed by atoms with Crippen molar-refractivity contribution in [1.29, 1.82) is 0 Å². The van der Waals surface area contributed by atoms with Crippen LogP contribution in [0.2, 0.25) is 10.0 Å². The fraction of sp³-hybridized carbons (Fsp3) is 0.222. The molecule has 114 valence electrons. The van der Waals surface area contributed by atoms with E-state index in [4.69, 9.17) is 23.2 Å². The van der Waals surface area contributed by atoms with E-state index in [0.717, 1.165) is 11.1 Å². The first-order chi connectivity index (χ1) is 10.4. The largest absolute Gasteiger partial charge is 0.294 e. The predicted octanol–water partition coefficient (Wildman–Crippen LogP) is 5.46. The van der Waals surface area contributed by atoms with Gasteiger partial charge in [-0.25, -0.2) is 0 Å². The number of aryl methyl sites for hydroxylation is 2. The lowest BCUT2D eigenvalue weighted by Crippen LogP contribution is -2.05. The molecule has 0 unspecified atom stereocenters. The topological polar surface area (TPSA) is 34.1 Å². The Morgan fingerprint density at radius 3 is 1.45 bits per heavy atom. The molecule has 0 N–H and O–H groups in total. The molecule has 0 aliphatic heterocycles. The smallest absolute Gasteiger partial charge is 0.163 e. The summed E-state index contributed by atoms with van der Waals surface area (Å²) in [6, 6.07) is 10.4. The summed E-state index contributed by atoms with van der Waals surface area (Å²) < 4.78 is 0.